The third kappa shape index (κ3) is 57.6. The highest BCUT2D eigenvalue weighted by atomic mass is 31.2. The summed E-state index contributed by atoms with van der Waals surface area (Å²) in [7, 11) is -9.88. The third-order valence-electron chi connectivity index (χ3n) is 15.1. The van der Waals surface area contributed by atoms with Crippen LogP contribution in [-0.4, -0.2) is 96.7 Å². The van der Waals surface area contributed by atoms with E-state index in [-0.39, 0.29) is 25.7 Å². The number of phosphoric ester groups is 2. The molecule has 0 fully saturated rings. The van der Waals surface area contributed by atoms with Crippen molar-refractivity contribution in [2.24, 2.45) is 11.8 Å². The van der Waals surface area contributed by atoms with Gasteiger partial charge in [0.25, 0.3) is 0 Å². The topological polar surface area (TPSA) is 237 Å². The van der Waals surface area contributed by atoms with Gasteiger partial charge < -0.3 is 33.8 Å². The van der Waals surface area contributed by atoms with E-state index in [4.69, 9.17) is 37.0 Å². The number of ether oxygens (including phenoxy) is 4. The van der Waals surface area contributed by atoms with Crippen molar-refractivity contribution >= 4 is 39.5 Å². The molecule has 17 nitrogen and oxygen atoms in total. The molecule has 0 bridgehead atoms. The number of unbranched alkanes of at least 4 members (excludes halogenated alkanes) is 32. The van der Waals surface area contributed by atoms with Crippen LogP contribution in [0.4, 0.5) is 0 Å². The highest BCUT2D eigenvalue weighted by molar-refractivity contribution is 7.47. The van der Waals surface area contributed by atoms with Crippen molar-refractivity contribution in [1.29, 1.82) is 0 Å². The van der Waals surface area contributed by atoms with Crippen LogP contribution < -0.4 is 0 Å². The molecule has 492 valence electrons. The maximum absolute atomic E-state index is 13.0. The Morgan fingerprint density at radius 2 is 0.614 bits per heavy atom. The average Bonchev–Trinajstić information content (AvgIpc) is 3.46. The first-order valence-electron chi connectivity index (χ1n) is 33.5. The quantitative estimate of drug-likeness (QED) is 0.0222. The molecule has 0 aromatic heterocycles. The van der Waals surface area contributed by atoms with Gasteiger partial charge in [-0.1, -0.05) is 266 Å². The lowest BCUT2D eigenvalue weighted by Gasteiger charge is -2.21. The minimum Gasteiger partial charge on any atom is -0.462 e. The zero-order valence-corrected chi connectivity index (χ0v) is 55.3. The molecule has 0 rings (SSSR count). The summed E-state index contributed by atoms with van der Waals surface area (Å²) in [5.74, 6) is -0.632. The Bertz CT molecular complexity index is 1630. The van der Waals surface area contributed by atoms with Gasteiger partial charge in [0.05, 0.1) is 26.4 Å². The third-order valence-corrected chi connectivity index (χ3v) is 17.0. The van der Waals surface area contributed by atoms with E-state index < -0.39 is 97.5 Å². The number of phosphoric acid groups is 2. The van der Waals surface area contributed by atoms with Gasteiger partial charge in [-0.05, 0) is 37.5 Å². The zero-order valence-electron chi connectivity index (χ0n) is 53.5. The van der Waals surface area contributed by atoms with Gasteiger partial charge in [0.15, 0.2) is 12.2 Å². The minimum absolute atomic E-state index is 0.101. The second-order valence-electron chi connectivity index (χ2n) is 23.9. The fourth-order valence-corrected chi connectivity index (χ4v) is 11.1. The van der Waals surface area contributed by atoms with Crippen LogP contribution in [0.5, 0.6) is 0 Å². The van der Waals surface area contributed by atoms with E-state index in [1.54, 1.807) is 0 Å². The van der Waals surface area contributed by atoms with Gasteiger partial charge in [-0.2, -0.15) is 0 Å². The summed E-state index contributed by atoms with van der Waals surface area (Å²) in [6.45, 7) is 9.36. The molecule has 0 saturated heterocycles. The lowest BCUT2D eigenvalue weighted by atomic mass is 9.99. The molecule has 6 atom stereocenters. The van der Waals surface area contributed by atoms with E-state index in [1.807, 2.05) is 0 Å². The summed E-state index contributed by atoms with van der Waals surface area (Å²) >= 11 is 0. The average molecular weight is 1230 g/mol. The molecule has 0 aromatic rings. The minimum atomic E-state index is -4.94. The first kappa shape index (κ1) is 81.1. The molecule has 3 unspecified atom stereocenters. The van der Waals surface area contributed by atoms with Gasteiger partial charge in [0.2, 0.25) is 0 Å². The van der Waals surface area contributed by atoms with E-state index in [0.29, 0.717) is 31.6 Å². The molecule has 19 heteroatoms. The number of aliphatic hydroxyl groups excluding tert-OH is 1. The lowest BCUT2D eigenvalue weighted by Crippen LogP contribution is -2.30. The summed E-state index contributed by atoms with van der Waals surface area (Å²) < 4.78 is 67.8. The number of rotatable bonds is 63. The van der Waals surface area contributed by atoms with Gasteiger partial charge in [-0.25, -0.2) is 9.13 Å². The van der Waals surface area contributed by atoms with Crippen LogP contribution >= 0.6 is 15.6 Å². The Morgan fingerprint density at radius 3 is 0.916 bits per heavy atom. The van der Waals surface area contributed by atoms with Crippen molar-refractivity contribution in [2.75, 3.05) is 39.6 Å². The van der Waals surface area contributed by atoms with E-state index in [0.717, 1.165) is 102 Å². The first-order chi connectivity index (χ1) is 39.9. The smallest absolute Gasteiger partial charge is 0.462 e. The summed E-state index contributed by atoms with van der Waals surface area (Å²) in [5.41, 5.74) is 0. The molecular formula is C64H124O17P2. The normalized spacial score (nSPS) is 14.6. The predicted octanol–water partition coefficient (Wildman–Crippen LogP) is 17.7. The number of carbonyl (C=O) groups is 4. The molecule has 0 aromatic carbocycles. The summed E-state index contributed by atoms with van der Waals surface area (Å²) in [4.78, 5) is 71.9. The van der Waals surface area contributed by atoms with Gasteiger partial charge in [0.1, 0.15) is 19.3 Å². The molecule has 83 heavy (non-hydrogen) atoms. The van der Waals surface area contributed by atoms with Crippen LogP contribution in [0, 0.1) is 11.8 Å². The number of esters is 4. The fraction of sp³-hybridized carbons (Fsp3) is 0.938. The van der Waals surface area contributed by atoms with E-state index >= 15 is 0 Å². The maximum Gasteiger partial charge on any atom is 0.472 e. The van der Waals surface area contributed by atoms with Crippen molar-refractivity contribution in [2.45, 2.75) is 336 Å². The second kappa shape index (κ2) is 56.6. The van der Waals surface area contributed by atoms with Crippen molar-refractivity contribution in [1.82, 2.24) is 0 Å². The van der Waals surface area contributed by atoms with E-state index in [2.05, 4.69) is 41.5 Å². The lowest BCUT2D eigenvalue weighted by molar-refractivity contribution is -0.161. The van der Waals surface area contributed by atoms with Crippen LogP contribution in [0.15, 0.2) is 0 Å². The van der Waals surface area contributed by atoms with Crippen molar-refractivity contribution in [3.8, 4) is 0 Å². The second-order valence-corrected chi connectivity index (χ2v) is 26.8. The highest BCUT2D eigenvalue weighted by Crippen LogP contribution is 2.45. The summed E-state index contributed by atoms with van der Waals surface area (Å²) in [6.07, 6.45) is 39.4. The molecule has 3 N–H and O–H groups in total. The number of hydrogen-bond acceptors (Lipinski definition) is 15. The number of hydrogen-bond donors (Lipinski definition) is 3. The zero-order chi connectivity index (χ0) is 61.5. The van der Waals surface area contributed by atoms with E-state index in [1.165, 1.54) is 128 Å². The monoisotopic (exact) mass is 1230 g/mol. The molecule has 0 radical (unpaired) electrons. The molecular weight excluding hydrogens is 1100 g/mol. The van der Waals surface area contributed by atoms with Gasteiger partial charge in [-0.3, -0.25) is 37.3 Å². The molecule has 0 spiro atoms. The largest absolute Gasteiger partial charge is 0.472 e. The van der Waals surface area contributed by atoms with Crippen LogP contribution in [0.1, 0.15) is 318 Å². The Hall–Kier alpha value is -1.94. The summed E-state index contributed by atoms with van der Waals surface area (Å²) in [5, 5.41) is 10.5. The van der Waals surface area contributed by atoms with Gasteiger partial charge >= 0.3 is 39.5 Å². The number of carbonyl (C=O) groups excluding carboxylic acids is 4. The Morgan fingerprint density at radius 1 is 0.349 bits per heavy atom. The Labute approximate surface area is 505 Å². The molecule has 0 amide bonds. The molecule has 0 heterocycles. The fourth-order valence-electron chi connectivity index (χ4n) is 9.50. The van der Waals surface area contributed by atoms with Crippen LogP contribution in [0.3, 0.4) is 0 Å². The number of aliphatic hydroxyl groups is 1. The predicted molar refractivity (Wildman–Crippen MR) is 331 cm³/mol. The highest BCUT2D eigenvalue weighted by Gasteiger charge is 2.30. The van der Waals surface area contributed by atoms with Gasteiger partial charge in [-0.15, -0.1) is 0 Å². The maximum atomic E-state index is 13.0. The molecule has 0 aliphatic heterocycles. The van der Waals surface area contributed by atoms with Crippen molar-refractivity contribution < 1.29 is 80.2 Å². The summed E-state index contributed by atoms with van der Waals surface area (Å²) in [6, 6.07) is 0. The van der Waals surface area contributed by atoms with Crippen LogP contribution in [0.2, 0.25) is 0 Å². The molecule has 0 saturated carbocycles. The molecule has 0 aliphatic carbocycles. The standard InChI is InChI=1S/C64H124O17P2/c1-7-10-12-14-15-16-21-25-28-35-41-47-62(67)75-53-60(80-63(68)48-42-36-29-26-23-20-18-17-19-22-24-27-34-39-45-57(6)9-3)55-79-83(72,73)77-51-58(65)50-76-82(70,71)78-54-59(52-74-61(66)46-40-32-13-11-8-2)81-64(69)49-43-37-31-30-33-38-44-56(4)5/h56-60,65H,7-55H2,1-6H3,(H,70,71)(H,72,73)/t57?,58-,59+,60+/m0/s1. The van der Waals surface area contributed by atoms with Crippen LogP contribution in [-0.2, 0) is 65.4 Å². The molecule has 0 aliphatic rings. The Balaban J connectivity index is 5.14. The van der Waals surface area contributed by atoms with Crippen molar-refractivity contribution in [3.63, 3.8) is 0 Å². The van der Waals surface area contributed by atoms with Crippen molar-refractivity contribution in [3.05, 3.63) is 0 Å². The van der Waals surface area contributed by atoms with Gasteiger partial charge in [0, 0.05) is 25.7 Å². The van der Waals surface area contributed by atoms with E-state index in [9.17, 15) is 43.2 Å². The Kier molecular flexibility index (Phi) is 55.2. The van der Waals surface area contributed by atoms with Crippen LogP contribution in [0.25, 0.3) is 0 Å². The SMILES string of the molecule is CCCCCCCCCCCCCC(=O)OC[C@H](COP(=O)(O)OC[C@@H](O)COP(=O)(O)OC[C@@H](COC(=O)CCCCCCC)OC(=O)CCCCCCCCC(C)C)OC(=O)CCCCCCCCCCCCCCCCC(C)CC. The first-order valence-corrected chi connectivity index (χ1v) is 36.5.